The van der Waals surface area contributed by atoms with Gasteiger partial charge in [0.2, 0.25) is 5.91 Å². The first-order valence-corrected chi connectivity index (χ1v) is 6.02. The monoisotopic (exact) mass is 227 g/mol. The summed E-state index contributed by atoms with van der Waals surface area (Å²) < 4.78 is 0. The summed E-state index contributed by atoms with van der Waals surface area (Å²) in [5.74, 6) is 0.210. The Morgan fingerprint density at radius 2 is 1.94 bits per heavy atom. The topological polar surface area (TPSA) is 47.0 Å². The zero-order valence-electron chi connectivity index (χ0n) is 9.93. The van der Waals surface area contributed by atoms with E-state index in [9.17, 15) is 9.90 Å². The number of hydrogen-bond donors (Lipinski definition) is 1. The number of carbonyl (C=O) groups excluding carboxylic acids is 1. The van der Waals surface area contributed by atoms with Crippen molar-refractivity contribution in [3.8, 4) is 0 Å². The molecule has 2 fully saturated rings. The molecule has 0 aromatic carbocycles. The summed E-state index contributed by atoms with van der Waals surface area (Å²) in [6.45, 7) is 5.58. The van der Waals surface area contributed by atoms with Gasteiger partial charge in [-0.05, 0) is 13.5 Å². The molecule has 2 aliphatic rings. The fourth-order valence-corrected chi connectivity index (χ4v) is 2.30. The average Bonchev–Trinajstić information content (AvgIpc) is 2.65. The molecule has 2 rings (SSSR count). The van der Waals surface area contributed by atoms with Crippen LogP contribution in [0.2, 0.25) is 0 Å². The summed E-state index contributed by atoms with van der Waals surface area (Å²) in [6.07, 6.45) is 0.566. The smallest absolute Gasteiger partial charge is 0.236 e. The molecule has 0 bridgehead atoms. The van der Waals surface area contributed by atoms with Crippen molar-refractivity contribution in [1.82, 2.24) is 14.7 Å². The van der Waals surface area contributed by atoms with Crippen molar-refractivity contribution in [2.75, 3.05) is 52.9 Å². The van der Waals surface area contributed by atoms with Gasteiger partial charge in [0.15, 0.2) is 0 Å². The van der Waals surface area contributed by atoms with Gasteiger partial charge >= 0.3 is 0 Å². The Labute approximate surface area is 96.6 Å². The van der Waals surface area contributed by atoms with Crippen molar-refractivity contribution < 1.29 is 9.90 Å². The number of likely N-dealkylation sites (N-methyl/N-ethyl adjacent to an activating group) is 1. The highest BCUT2D eigenvalue weighted by Gasteiger charge is 2.25. The number of nitrogens with zero attached hydrogens (tertiary/aromatic N) is 3. The lowest BCUT2D eigenvalue weighted by Gasteiger charge is -2.33. The van der Waals surface area contributed by atoms with Crippen LogP contribution in [0.25, 0.3) is 0 Å². The van der Waals surface area contributed by atoms with Crippen molar-refractivity contribution in [3.05, 3.63) is 0 Å². The molecule has 0 aromatic rings. The van der Waals surface area contributed by atoms with Gasteiger partial charge in [0.05, 0.1) is 12.6 Å². The van der Waals surface area contributed by atoms with Crippen LogP contribution in [0.3, 0.4) is 0 Å². The Balaban J connectivity index is 1.75. The molecule has 5 nitrogen and oxygen atoms in total. The molecule has 5 heteroatoms. The molecule has 0 aromatic heterocycles. The summed E-state index contributed by atoms with van der Waals surface area (Å²) >= 11 is 0. The van der Waals surface area contributed by atoms with Gasteiger partial charge in [0.1, 0.15) is 0 Å². The molecule has 92 valence electrons. The third-order valence-corrected chi connectivity index (χ3v) is 3.46. The van der Waals surface area contributed by atoms with Crippen molar-refractivity contribution in [2.24, 2.45) is 0 Å². The molecule has 1 N–H and O–H groups in total. The molecule has 0 spiro atoms. The fourth-order valence-electron chi connectivity index (χ4n) is 2.30. The van der Waals surface area contributed by atoms with Crippen molar-refractivity contribution >= 4 is 5.91 Å². The minimum atomic E-state index is -0.236. The number of likely N-dealkylation sites (tertiary alicyclic amines) is 1. The van der Waals surface area contributed by atoms with E-state index in [2.05, 4.69) is 11.9 Å². The van der Waals surface area contributed by atoms with Gasteiger partial charge in [0, 0.05) is 39.3 Å². The van der Waals surface area contributed by atoms with E-state index >= 15 is 0 Å². The first-order valence-electron chi connectivity index (χ1n) is 6.02. The van der Waals surface area contributed by atoms with Crippen LogP contribution in [-0.4, -0.2) is 84.7 Å². The molecule has 0 saturated carbocycles. The highest BCUT2D eigenvalue weighted by atomic mass is 16.3. The highest BCUT2D eigenvalue weighted by Crippen LogP contribution is 2.09. The maximum absolute atomic E-state index is 12.0. The van der Waals surface area contributed by atoms with Crippen LogP contribution < -0.4 is 0 Å². The van der Waals surface area contributed by atoms with E-state index in [1.165, 1.54) is 0 Å². The second-order valence-corrected chi connectivity index (χ2v) is 4.86. The van der Waals surface area contributed by atoms with Crippen LogP contribution in [0.1, 0.15) is 6.42 Å². The third-order valence-electron chi connectivity index (χ3n) is 3.46. The van der Waals surface area contributed by atoms with E-state index in [0.29, 0.717) is 13.1 Å². The van der Waals surface area contributed by atoms with Crippen molar-refractivity contribution in [2.45, 2.75) is 12.5 Å². The molecule has 1 amide bonds. The molecule has 0 unspecified atom stereocenters. The van der Waals surface area contributed by atoms with Gasteiger partial charge in [-0.3, -0.25) is 9.69 Å². The first kappa shape index (κ1) is 11.8. The fraction of sp³-hybridized carbons (Fsp3) is 0.909. The van der Waals surface area contributed by atoms with Gasteiger partial charge in [0.25, 0.3) is 0 Å². The van der Waals surface area contributed by atoms with Gasteiger partial charge < -0.3 is 14.9 Å². The lowest BCUT2D eigenvalue weighted by molar-refractivity contribution is -0.133. The average molecular weight is 227 g/mol. The van der Waals surface area contributed by atoms with Crippen LogP contribution in [0.15, 0.2) is 0 Å². The number of carbonyl (C=O) groups is 1. The Morgan fingerprint density at radius 1 is 1.25 bits per heavy atom. The van der Waals surface area contributed by atoms with E-state index in [0.717, 1.165) is 39.1 Å². The zero-order valence-corrected chi connectivity index (χ0v) is 9.93. The first-order chi connectivity index (χ1) is 7.65. The summed E-state index contributed by atoms with van der Waals surface area (Å²) in [7, 11) is 2.08. The molecule has 16 heavy (non-hydrogen) atoms. The number of aliphatic hydroxyl groups is 1. The Hall–Kier alpha value is -0.650. The SMILES string of the molecule is CN1CCN(C(=O)CN2CC[C@H](O)C2)CC1. The minimum absolute atomic E-state index is 0.210. The standard InChI is InChI=1S/C11H21N3O2/c1-12-4-6-14(7-5-12)11(16)9-13-3-2-10(15)8-13/h10,15H,2-9H2,1H3/t10-/m0/s1. The quantitative estimate of drug-likeness (QED) is 0.645. The van der Waals surface area contributed by atoms with Crippen LogP contribution in [-0.2, 0) is 4.79 Å². The van der Waals surface area contributed by atoms with E-state index < -0.39 is 0 Å². The van der Waals surface area contributed by atoms with Crippen molar-refractivity contribution in [1.29, 1.82) is 0 Å². The Bertz CT molecular complexity index is 252. The normalized spacial score (nSPS) is 28.6. The number of amides is 1. The van der Waals surface area contributed by atoms with Gasteiger partial charge in [-0.15, -0.1) is 0 Å². The molecule has 1 atom stereocenters. The molecule has 0 radical (unpaired) electrons. The van der Waals surface area contributed by atoms with Crippen LogP contribution in [0, 0.1) is 0 Å². The lowest BCUT2D eigenvalue weighted by Crippen LogP contribution is -2.49. The summed E-state index contributed by atoms with van der Waals surface area (Å²) in [5.41, 5.74) is 0. The number of aliphatic hydroxyl groups excluding tert-OH is 1. The van der Waals surface area contributed by atoms with E-state index in [-0.39, 0.29) is 12.0 Å². The second-order valence-electron chi connectivity index (χ2n) is 4.86. The molecule has 2 saturated heterocycles. The second kappa shape index (κ2) is 5.12. The van der Waals surface area contributed by atoms with E-state index in [1.54, 1.807) is 0 Å². The third kappa shape index (κ3) is 2.93. The minimum Gasteiger partial charge on any atom is -0.392 e. The Kier molecular flexibility index (Phi) is 3.78. The maximum Gasteiger partial charge on any atom is 0.236 e. The van der Waals surface area contributed by atoms with Crippen LogP contribution in [0.4, 0.5) is 0 Å². The molecular formula is C11H21N3O2. The van der Waals surface area contributed by atoms with Gasteiger partial charge in [-0.2, -0.15) is 0 Å². The number of hydrogen-bond acceptors (Lipinski definition) is 4. The van der Waals surface area contributed by atoms with Gasteiger partial charge in [-0.1, -0.05) is 0 Å². The van der Waals surface area contributed by atoms with Crippen molar-refractivity contribution in [3.63, 3.8) is 0 Å². The van der Waals surface area contributed by atoms with E-state index in [4.69, 9.17) is 0 Å². The van der Waals surface area contributed by atoms with Crippen LogP contribution >= 0.6 is 0 Å². The van der Waals surface area contributed by atoms with Gasteiger partial charge in [-0.25, -0.2) is 0 Å². The van der Waals surface area contributed by atoms with Crippen LogP contribution in [0.5, 0.6) is 0 Å². The largest absolute Gasteiger partial charge is 0.392 e. The van der Waals surface area contributed by atoms with E-state index in [1.807, 2.05) is 9.80 Å². The predicted octanol–water partition coefficient (Wildman–Crippen LogP) is -1.17. The zero-order chi connectivity index (χ0) is 11.5. The highest BCUT2D eigenvalue weighted by molar-refractivity contribution is 5.78. The number of piperazine rings is 1. The Morgan fingerprint density at radius 3 is 2.50 bits per heavy atom. The molecule has 0 aliphatic carbocycles. The summed E-state index contributed by atoms with van der Waals surface area (Å²) in [5, 5.41) is 9.38. The summed E-state index contributed by atoms with van der Waals surface area (Å²) in [4.78, 5) is 18.2. The lowest BCUT2D eigenvalue weighted by atomic mass is 10.3. The number of rotatable bonds is 2. The molecular weight excluding hydrogens is 206 g/mol. The number of β-amino-alcohol motifs (C(OH)–C–C–N with tert-alkyl or cyclic N) is 1. The summed E-state index contributed by atoms with van der Waals surface area (Å²) in [6, 6.07) is 0. The maximum atomic E-state index is 12.0. The molecule has 2 aliphatic heterocycles. The predicted molar refractivity (Wildman–Crippen MR) is 61.1 cm³/mol. The molecule has 2 heterocycles.